The summed E-state index contributed by atoms with van der Waals surface area (Å²) in [5.74, 6) is -1.81. The highest BCUT2D eigenvalue weighted by atomic mass is 19.1. The number of anilines is 1. The monoisotopic (exact) mass is 377 g/mol. The van der Waals surface area contributed by atoms with Crippen molar-refractivity contribution in [3.63, 3.8) is 0 Å². The van der Waals surface area contributed by atoms with Gasteiger partial charge in [0.25, 0.3) is 5.91 Å². The number of halogens is 1. The van der Waals surface area contributed by atoms with E-state index in [-0.39, 0.29) is 5.56 Å². The van der Waals surface area contributed by atoms with Gasteiger partial charge in [0, 0.05) is 11.3 Å². The molecule has 0 unspecified atom stereocenters. The van der Waals surface area contributed by atoms with Gasteiger partial charge >= 0.3 is 5.97 Å². The third-order valence-corrected chi connectivity index (χ3v) is 4.28. The molecule has 0 heterocycles. The zero-order valence-corrected chi connectivity index (χ0v) is 15.6. The number of carbonyl (C=O) groups excluding carboxylic acids is 2. The molecule has 0 aliphatic heterocycles. The summed E-state index contributed by atoms with van der Waals surface area (Å²) in [7, 11) is 0. The van der Waals surface area contributed by atoms with E-state index >= 15 is 0 Å². The van der Waals surface area contributed by atoms with Crippen LogP contribution in [0.5, 0.6) is 0 Å². The van der Waals surface area contributed by atoms with E-state index in [1.54, 1.807) is 30.3 Å². The van der Waals surface area contributed by atoms with Gasteiger partial charge in [0.1, 0.15) is 5.82 Å². The second-order valence-corrected chi connectivity index (χ2v) is 6.51. The van der Waals surface area contributed by atoms with Crippen molar-refractivity contribution in [1.82, 2.24) is 0 Å². The van der Waals surface area contributed by atoms with Gasteiger partial charge in [-0.1, -0.05) is 48.5 Å². The fraction of sp³-hybridized carbons (Fsp3) is 0.130. The van der Waals surface area contributed by atoms with Gasteiger partial charge in [0.05, 0.1) is 5.56 Å². The van der Waals surface area contributed by atoms with E-state index in [4.69, 9.17) is 4.74 Å². The average Bonchev–Trinajstić information content (AvgIpc) is 2.69. The molecule has 28 heavy (non-hydrogen) atoms. The zero-order valence-electron chi connectivity index (χ0n) is 15.6. The van der Waals surface area contributed by atoms with Crippen LogP contribution in [0.25, 0.3) is 0 Å². The third kappa shape index (κ3) is 4.62. The van der Waals surface area contributed by atoms with Crippen LogP contribution in [-0.4, -0.2) is 11.9 Å². The van der Waals surface area contributed by atoms with Crippen molar-refractivity contribution in [2.24, 2.45) is 0 Å². The standard InChI is InChI=1S/C23H20FNO3/c1-15-11-12-16(2)20(13-15)25-22(26)21(17-7-4-3-5-8-17)28-23(27)18-9-6-10-19(24)14-18/h3-14,21H,1-2H3,(H,25,26)/t21-/m1/s1. The highest BCUT2D eigenvalue weighted by Crippen LogP contribution is 2.24. The SMILES string of the molecule is Cc1ccc(C)c(NC(=O)[C@H](OC(=O)c2cccc(F)c2)c2ccccc2)c1. The molecule has 5 heteroatoms. The van der Waals surface area contributed by atoms with E-state index in [0.717, 1.165) is 17.2 Å². The maximum absolute atomic E-state index is 13.4. The summed E-state index contributed by atoms with van der Waals surface area (Å²) in [6.07, 6.45) is -1.17. The second kappa shape index (κ2) is 8.48. The normalized spacial score (nSPS) is 11.5. The highest BCUT2D eigenvalue weighted by molar-refractivity contribution is 5.98. The predicted octanol–water partition coefficient (Wildman–Crippen LogP) is 4.98. The van der Waals surface area contributed by atoms with Gasteiger partial charge in [-0.15, -0.1) is 0 Å². The first kappa shape index (κ1) is 19.3. The Bertz CT molecular complexity index is 1000. The lowest BCUT2D eigenvalue weighted by atomic mass is 10.1. The van der Waals surface area contributed by atoms with Crippen LogP contribution in [0.15, 0.2) is 72.8 Å². The van der Waals surface area contributed by atoms with Crippen LogP contribution in [-0.2, 0) is 9.53 Å². The average molecular weight is 377 g/mol. The lowest BCUT2D eigenvalue weighted by Crippen LogP contribution is -2.26. The first-order chi connectivity index (χ1) is 13.4. The van der Waals surface area contributed by atoms with Crippen molar-refractivity contribution >= 4 is 17.6 Å². The van der Waals surface area contributed by atoms with Crippen LogP contribution < -0.4 is 5.32 Å². The molecule has 142 valence electrons. The summed E-state index contributed by atoms with van der Waals surface area (Å²) in [5.41, 5.74) is 3.10. The minimum Gasteiger partial charge on any atom is -0.444 e. The number of hydrogen-bond donors (Lipinski definition) is 1. The molecule has 0 aliphatic carbocycles. The number of carbonyl (C=O) groups is 2. The topological polar surface area (TPSA) is 55.4 Å². The first-order valence-electron chi connectivity index (χ1n) is 8.83. The van der Waals surface area contributed by atoms with Crippen molar-refractivity contribution in [2.75, 3.05) is 5.32 Å². The molecule has 1 amide bonds. The molecule has 3 rings (SSSR count). The summed E-state index contributed by atoms with van der Waals surface area (Å²) >= 11 is 0. The summed E-state index contributed by atoms with van der Waals surface area (Å²) < 4.78 is 18.9. The fourth-order valence-corrected chi connectivity index (χ4v) is 2.76. The van der Waals surface area contributed by atoms with Crippen LogP contribution in [0.3, 0.4) is 0 Å². The number of benzene rings is 3. The molecule has 0 saturated heterocycles. The van der Waals surface area contributed by atoms with Crippen molar-refractivity contribution in [3.8, 4) is 0 Å². The number of nitrogens with one attached hydrogen (secondary N) is 1. The largest absolute Gasteiger partial charge is 0.444 e. The van der Waals surface area contributed by atoms with Crippen LogP contribution in [0.4, 0.5) is 10.1 Å². The van der Waals surface area contributed by atoms with Crippen LogP contribution in [0.1, 0.15) is 33.2 Å². The minimum atomic E-state index is -1.17. The smallest absolute Gasteiger partial charge is 0.339 e. The number of ether oxygens (including phenoxy) is 1. The van der Waals surface area contributed by atoms with Gasteiger partial charge in [-0.25, -0.2) is 9.18 Å². The van der Waals surface area contributed by atoms with Gasteiger partial charge in [-0.3, -0.25) is 4.79 Å². The Morgan fingerprint density at radius 1 is 0.929 bits per heavy atom. The quantitative estimate of drug-likeness (QED) is 0.638. The summed E-state index contributed by atoms with van der Waals surface area (Å²) in [6.45, 7) is 3.80. The Morgan fingerprint density at radius 2 is 1.68 bits per heavy atom. The molecule has 3 aromatic carbocycles. The molecule has 0 spiro atoms. The molecular formula is C23H20FNO3. The Hall–Kier alpha value is -3.47. The van der Waals surface area contributed by atoms with E-state index < -0.39 is 23.8 Å². The van der Waals surface area contributed by atoms with Crippen LogP contribution in [0.2, 0.25) is 0 Å². The Kier molecular flexibility index (Phi) is 5.84. The molecule has 1 atom stereocenters. The Balaban J connectivity index is 1.88. The van der Waals surface area contributed by atoms with E-state index in [1.165, 1.54) is 18.2 Å². The number of rotatable bonds is 5. The molecule has 0 aromatic heterocycles. The van der Waals surface area contributed by atoms with E-state index in [0.29, 0.717) is 11.3 Å². The van der Waals surface area contributed by atoms with Gasteiger partial charge in [0.15, 0.2) is 0 Å². The van der Waals surface area contributed by atoms with Crippen molar-refractivity contribution in [3.05, 3.63) is 101 Å². The fourth-order valence-electron chi connectivity index (χ4n) is 2.76. The van der Waals surface area contributed by atoms with Crippen LogP contribution >= 0.6 is 0 Å². The molecule has 4 nitrogen and oxygen atoms in total. The van der Waals surface area contributed by atoms with Crippen molar-refractivity contribution in [2.45, 2.75) is 20.0 Å². The summed E-state index contributed by atoms with van der Waals surface area (Å²) in [6, 6.07) is 19.6. The number of hydrogen-bond acceptors (Lipinski definition) is 3. The van der Waals surface area contributed by atoms with Crippen molar-refractivity contribution in [1.29, 1.82) is 0 Å². The Morgan fingerprint density at radius 3 is 2.39 bits per heavy atom. The molecule has 0 radical (unpaired) electrons. The van der Waals surface area contributed by atoms with Gasteiger partial charge in [0.2, 0.25) is 6.10 Å². The molecule has 0 aliphatic rings. The number of aryl methyl sites for hydroxylation is 2. The number of esters is 1. The van der Waals surface area contributed by atoms with E-state index in [1.807, 2.05) is 32.0 Å². The van der Waals surface area contributed by atoms with E-state index in [2.05, 4.69) is 5.32 Å². The second-order valence-electron chi connectivity index (χ2n) is 6.51. The van der Waals surface area contributed by atoms with Gasteiger partial charge in [-0.05, 0) is 49.2 Å². The molecular weight excluding hydrogens is 357 g/mol. The molecule has 0 fully saturated rings. The lowest BCUT2D eigenvalue weighted by Gasteiger charge is -2.19. The van der Waals surface area contributed by atoms with Gasteiger partial charge < -0.3 is 10.1 Å². The molecule has 3 aromatic rings. The van der Waals surface area contributed by atoms with Crippen molar-refractivity contribution < 1.29 is 18.7 Å². The zero-order chi connectivity index (χ0) is 20.1. The third-order valence-electron chi connectivity index (χ3n) is 4.28. The number of amides is 1. The maximum Gasteiger partial charge on any atom is 0.339 e. The highest BCUT2D eigenvalue weighted by Gasteiger charge is 2.26. The maximum atomic E-state index is 13.4. The predicted molar refractivity (Wildman–Crippen MR) is 106 cm³/mol. The van der Waals surface area contributed by atoms with E-state index in [9.17, 15) is 14.0 Å². The molecule has 0 saturated carbocycles. The summed E-state index contributed by atoms with van der Waals surface area (Å²) in [4.78, 5) is 25.4. The van der Waals surface area contributed by atoms with Gasteiger partial charge in [-0.2, -0.15) is 0 Å². The molecule has 1 N–H and O–H groups in total. The molecule has 0 bridgehead atoms. The first-order valence-corrected chi connectivity index (χ1v) is 8.83. The summed E-state index contributed by atoms with van der Waals surface area (Å²) in [5, 5.41) is 2.83. The minimum absolute atomic E-state index is 0.0421. The Labute approximate surface area is 163 Å². The van der Waals surface area contributed by atoms with Crippen LogP contribution in [0, 0.1) is 19.7 Å². The lowest BCUT2D eigenvalue weighted by molar-refractivity contribution is -0.125.